The molecule has 1 aromatic heterocycles. The van der Waals surface area contributed by atoms with Gasteiger partial charge in [-0.3, -0.25) is 5.41 Å². The second-order valence-corrected chi connectivity index (χ2v) is 7.35. The maximum Gasteiger partial charge on any atom is 0.203 e. The Kier molecular flexibility index (Phi) is 5.69. The molecule has 0 aliphatic heterocycles. The number of fused-ring (bicyclic) bond motifs is 1. The third-order valence-electron chi connectivity index (χ3n) is 4.81. The molecule has 4 aromatic rings. The fourth-order valence-electron chi connectivity index (χ4n) is 3.38. The Labute approximate surface area is 173 Å². The average Bonchev–Trinajstić information content (AvgIpc) is 3.00. The van der Waals surface area contributed by atoms with Gasteiger partial charge in [0.1, 0.15) is 18.5 Å². The van der Waals surface area contributed by atoms with Gasteiger partial charge in [-0.2, -0.15) is 0 Å². The lowest BCUT2D eigenvalue weighted by Crippen LogP contribution is -2.31. The van der Waals surface area contributed by atoms with E-state index in [4.69, 9.17) is 21.7 Å². The van der Waals surface area contributed by atoms with Crippen molar-refractivity contribution in [3.8, 4) is 5.75 Å². The molecule has 0 bridgehead atoms. The van der Waals surface area contributed by atoms with Gasteiger partial charge < -0.3 is 19.0 Å². The predicted octanol–water partition coefficient (Wildman–Crippen LogP) is 4.06. The molecule has 0 aliphatic rings. The van der Waals surface area contributed by atoms with Crippen molar-refractivity contribution in [1.82, 2.24) is 9.13 Å². The van der Waals surface area contributed by atoms with Crippen LogP contribution in [0.3, 0.4) is 0 Å². The summed E-state index contributed by atoms with van der Waals surface area (Å²) in [6, 6.07) is 24.9. The van der Waals surface area contributed by atoms with Crippen LogP contribution in [0.1, 0.15) is 5.56 Å². The minimum atomic E-state index is -0.737. The minimum absolute atomic E-state index is 0.160. The van der Waals surface area contributed by atoms with Crippen LogP contribution in [0.4, 0.5) is 0 Å². The van der Waals surface area contributed by atoms with Crippen LogP contribution in [0, 0.1) is 5.41 Å². The lowest BCUT2D eigenvalue weighted by atomic mass is 10.2. The van der Waals surface area contributed by atoms with Gasteiger partial charge >= 0.3 is 0 Å². The second-order valence-electron chi connectivity index (χ2n) is 6.91. The first-order chi connectivity index (χ1) is 14.1. The number of nitrogens with one attached hydrogen (secondary N) is 1. The summed E-state index contributed by atoms with van der Waals surface area (Å²) in [4.78, 5) is 0. The number of imidazole rings is 1. The Morgan fingerprint density at radius 3 is 2.17 bits per heavy atom. The predicted molar refractivity (Wildman–Crippen MR) is 114 cm³/mol. The standard InChI is InChI=1S/C23H22ClN3O2/c24-18-12-10-17(11-13-18)14-26-21-8-4-5-9-22(21)27(23(26)25)15-19(28)16-29-20-6-2-1-3-7-20/h1-13,19,25,28H,14-16H2/t19-/m1/s1. The number of hydrogen-bond acceptors (Lipinski definition) is 3. The van der Waals surface area contributed by atoms with E-state index in [2.05, 4.69) is 0 Å². The van der Waals surface area contributed by atoms with Gasteiger partial charge in [0.25, 0.3) is 0 Å². The van der Waals surface area contributed by atoms with E-state index in [0.717, 1.165) is 16.6 Å². The smallest absolute Gasteiger partial charge is 0.203 e. The molecule has 0 amide bonds. The minimum Gasteiger partial charge on any atom is -0.491 e. The number of rotatable bonds is 7. The lowest BCUT2D eigenvalue weighted by molar-refractivity contribution is 0.0921. The normalized spacial score (nSPS) is 12.2. The maximum atomic E-state index is 10.5. The zero-order valence-electron chi connectivity index (χ0n) is 15.8. The zero-order chi connectivity index (χ0) is 20.2. The Bertz CT molecular complexity index is 1150. The molecular formula is C23H22ClN3O2. The van der Waals surface area contributed by atoms with Gasteiger partial charge in [-0.15, -0.1) is 0 Å². The van der Waals surface area contributed by atoms with Crippen LogP contribution in [-0.4, -0.2) is 27.0 Å². The number of benzene rings is 3. The summed E-state index contributed by atoms with van der Waals surface area (Å²) < 4.78 is 9.42. The number of hydrogen-bond donors (Lipinski definition) is 2. The van der Waals surface area contributed by atoms with Crippen molar-refractivity contribution in [2.75, 3.05) is 6.61 Å². The molecule has 1 heterocycles. The molecule has 0 radical (unpaired) electrons. The summed E-state index contributed by atoms with van der Waals surface area (Å²) in [7, 11) is 0. The number of halogens is 1. The summed E-state index contributed by atoms with van der Waals surface area (Å²) in [6.45, 7) is 0.993. The second kappa shape index (κ2) is 8.55. The summed E-state index contributed by atoms with van der Waals surface area (Å²) >= 11 is 5.99. The molecule has 1 atom stereocenters. The molecule has 148 valence electrons. The first-order valence-electron chi connectivity index (χ1n) is 9.45. The highest BCUT2D eigenvalue weighted by Crippen LogP contribution is 2.17. The lowest BCUT2D eigenvalue weighted by Gasteiger charge is -2.13. The Hall–Kier alpha value is -3.02. The first kappa shape index (κ1) is 19.3. The van der Waals surface area contributed by atoms with Gasteiger partial charge in [0.2, 0.25) is 5.62 Å². The van der Waals surface area contributed by atoms with Gasteiger partial charge in [0.15, 0.2) is 0 Å². The summed E-state index contributed by atoms with van der Waals surface area (Å²) in [5.74, 6) is 0.716. The van der Waals surface area contributed by atoms with Crippen molar-refractivity contribution in [2.24, 2.45) is 0 Å². The molecule has 4 rings (SSSR count). The summed E-state index contributed by atoms with van der Waals surface area (Å²) in [5, 5.41) is 19.9. The molecule has 6 heteroatoms. The molecular weight excluding hydrogens is 386 g/mol. The highest BCUT2D eigenvalue weighted by Gasteiger charge is 2.15. The SMILES string of the molecule is N=c1n(Cc2ccc(Cl)cc2)c2ccccc2n1C[C@@H](O)COc1ccccc1. The van der Waals surface area contributed by atoms with E-state index in [1.807, 2.05) is 88.0 Å². The molecule has 0 fully saturated rings. The van der Waals surface area contributed by atoms with Crippen LogP contribution in [-0.2, 0) is 13.1 Å². The van der Waals surface area contributed by atoms with Gasteiger partial charge in [-0.05, 0) is 42.0 Å². The van der Waals surface area contributed by atoms with E-state index in [-0.39, 0.29) is 13.2 Å². The third-order valence-corrected chi connectivity index (χ3v) is 5.06. The van der Waals surface area contributed by atoms with E-state index >= 15 is 0 Å². The molecule has 29 heavy (non-hydrogen) atoms. The molecule has 0 saturated carbocycles. The van der Waals surface area contributed by atoms with Crippen molar-refractivity contribution in [3.05, 3.63) is 95.1 Å². The fourth-order valence-corrected chi connectivity index (χ4v) is 3.51. The number of aliphatic hydroxyl groups excluding tert-OH is 1. The maximum absolute atomic E-state index is 10.5. The van der Waals surface area contributed by atoms with Crippen molar-refractivity contribution in [3.63, 3.8) is 0 Å². The van der Waals surface area contributed by atoms with Gasteiger partial charge in [0.05, 0.1) is 24.1 Å². The van der Waals surface area contributed by atoms with Crippen LogP contribution in [0.5, 0.6) is 5.75 Å². The summed E-state index contributed by atoms with van der Waals surface area (Å²) in [5.41, 5.74) is 3.25. The molecule has 3 aromatic carbocycles. The number of ether oxygens (including phenoxy) is 1. The van der Waals surface area contributed by atoms with E-state index in [1.54, 1.807) is 0 Å². The van der Waals surface area contributed by atoms with Crippen LogP contribution in [0.25, 0.3) is 11.0 Å². The Morgan fingerprint density at radius 2 is 1.48 bits per heavy atom. The number of aliphatic hydroxyl groups is 1. The van der Waals surface area contributed by atoms with Crippen molar-refractivity contribution in [1.29, 1.82) is 5.41 Å². The molecule has 0 saturated heterocycles. The average molecular weight is 408 g/mol. The first-order valence-corrected chi connectivity index (χ1v) is 9.82. The van der Waals surface area contributed by atoms with Crippen molar-refractivity contribution < 1.29 is 9.84 Å². The van der Waals surface area contributed by atoms with Crippen LogP contribution >= 0.6 is 11.6 Å². The van der Waals surface area contributed by atoms with Crippen LogP contribution in [0.15, 0.2) is 78.9 Å². The number of para-hydroxylation sites is 3. The monoisotopic (exact) mass is 407 g/mol. The molecule has 0 aliphatic carbocycles. The Morgan fingerprint density at radius 1 is 0.862 bits per heavy atom. The molecule has 0 spiro atoms. The van der Waals surface area contributed by atoms with Crippen LogP contribution < -0.4 is 10.4 Å². The number of nitrogens with zero attached hydrogens (tertiary/aromatic N) is 2. The topological polar surface area (TPSA) is 63.2 Å². The fraction of sp³-hybridized carbons (Fsp3) is 0.174. The van der Waals surface area contributed by atoms with E-state index in [9.17, 15) is 5.11 Å². The highest BCUT2D eigenvalue weighted by molar-refractivity contribution is 6.30. The van der Waals surface area contributed by atoms with E-state index < -0.39 is 6.10 Å². The molecule has 2 N–H and O–H groups in total. The largest absolute Gasteiger partial charge is 0.491 e. The summed E-state index contributed by atoms with van der Waals surface area (Å²) in [6.07, 6.45) is -0.737. The zero-order valence-corrected chi connectivity index (χ0v) is 16.6. The van der Waals surface area contributed by atoms with E-state index in [1.165, 1.54) is 0 Å². The molecule has 5 nitrogen and oxygen atoms in total. The van der Waals surface area contributed by atoms with Crippen molar-refractivity contribution in [2.45, 2.75) is 19.2 Å². The number of aromatic nitrogens is 2. The quantitative estimate of drug-likeness (QED) is 0.485. The van der Waals surface area contributed by atoms with Crippen LogP contribution in [0.2, 0.25) is 5.02 Å². The Balaban J connectivity index is 1.58. The van der Waals surface area contributed by atoms with Gasteiger partial charge in [-0.1, -0.05) is 54.1 Å². The molecule has 0 unspecified atom stereocenters. The van der Waals surface area contributed by atoms with Gasteiger partial charge in [0, 0.05) is 5.02 Å². The van der Waals surface area contributed by atoms with E-state index in [0.29, 0.717) is 22.9 Å². The highest BCUT2D eigenvalue weighted by atomic mass is 35.5. The van der Waals surface area contributed by atoms with Crippen molar-refractivity contribution >= 4 is 22.6 Å². The third kappa shape index (κ3) is 4.36. The van der Waals surface area contributed by atoms with Gasteiger partial charge in [-0.25, -0.2) is 0 Å².